The molecule has 2 saturated heterocycles. The van der Waals surface area contributed by atoms with Crippen molar-refractivity contribution in [1.82, 2.24) is 15.5 Å². The average molecular weight is 331 g/mol. The number of aliphatic hydroxyl groups is 1. The van der Waals surface area contributed by atoms with Gasteiger partial charge >= 0.3 is 0 Å². The van der Waals surface area contributed by atoms with Gasteiger partial charge in [0.2, 0.25) is 5.91 Å². The molecule has 3 N–H and O–H groups in total. The minimum Gasteiger partial charge on any atom is -0.392 e. The Labute approximate surface area is 142 Å². The quantitative estimate of drug-likeness (QED) is 0.745. The SMILES string of the molecule is O=C(NCC1CCCN(C(=O)C2CC(O)CN2)C1)c1ccccc1. The molecule has 2 aliphatic rings. The Morgan fingerprint density at radius 3 is 2.79 bits per heavy atom. The number of nitrogens with one attached hydrogen (secondary N) is 2. The summed E-state index contributed by atoms with van der Waals surface area (Å²) in [4.78, 5) is 26.5. The van der Waals surface area contributed by atoms with Crippen LogP contribution in [0.2, 0.25) is 0 Å². The van der Waals surface area contributed by atoms with Crippen molar-refractivity contribution in [2.45, 2.75) is 31.4 Å². The number of likely N-dealkylation sites (tertiary alicyclic amines) is 1. The van der Waals surface area contributed by atoms with E-state index in [1.807, 2.05) is 23.1 Å². The summed E-state index contributed by atoms with van der Waals surface area (Å²) < 4.78 is 0. The topological polar surface area (TPSA) is 81.7 Å². The van der Waals surface area contributed by atoms with Gasteiger partial charge in [-0.15, -0.1) is 0 Å². The van der Waals surface area contributed by atoms with Crippen LogP contribution in [0.5, 0.6) is 0 Å². The van der Waals surface area contributed by atoms with Gasteiger partial charge in [0.25, 0.3) is 5.91 Å². The first kappa shape index (κ1) is 16.9. The first-order chi connectivity index (χ1) is 11.6. The molecule has 2 fully saturated rings. The molecule has 1 aromatic rings. The molecule has 1 aromatic carbocycles. The lowest BCUT2D eigenvalue weighted by Crippen LogP contribution is -2.49. The first-order valence-corrected chi connectivity index (χ1v) is 8.67. The van der Waals surface area contributed by atoms with Crippen LogP contribution >= 0.6 is 0 Å². The van der Waals surface area contributed by atoms with Crippen molar-refractivity contribution < 1.29 is 14.7 Å². The van der Waals surface area contributed by atoms with E-state index in [2.05, 4.69) is 10.6 Å². The molecule has 2 amide bonds. The van der Waals surface area contributed by atoms with Gasteiger partial charge in [0.1, 0.15) is 0 Å². The van der Waals surface area contributed by atoms with Crippen molar-refractivity contribution in [1.29, 1.82) is 0 Å². The number of amides is 2. The second-order valence-corrected chi connectivity index (χ2v) is 6.72. The number of hydrogen-bond acceptors (Lipinski definition) is 4. The molecule has 0 saturated carbocycles. The van der Waals surface area contributed by atoms with Crippen LogP contribution in [0, 0.1) is 5.92 Å². The molecule has 0 bridgehead atoms. The van der Waals surface area contributed by atoms with Gasteiger partial charge in [0.15, 0.2) is 0 Å². The molecule has 6 heteroatoms. The molecule has 0 radical (unpaired) electrons. The van der Waals surface area contributed by atoms with E-state index in [9.17, 15) is 14.7 Å². The third-order valence-electron chi connectivity index (χ3n) is 4.82. The van der Waals surface area contributed by atoms with E-state index in [0.29, 0.717) is 31.6 Å². The van der Waals surface area contributed by atoms with Gasteiger partial charge in [-0.05, 0) is 37.3 Å². The lowest BCUT2D eigenvalue weighted by molar-refractivity contribution is -0.135. The van der Waals surface area contributed by atoms with Gasteiger partial charge in [0, 0.05) is 31.7 Å². The fourth-order valence-electron chi connectivity index (χ4n) is 3.49. The van der Waals surface area contributed by atoms with Gasteiger partial charge in [-0.3, -0.25) is 9.59 Å². The number of nitrogens with zero attached hydrogens (tertiary/aromatic N) is 1. The number of aliphatic hydroxyl groups excluding tert-OH is 1. The number of rotatable bonds is 4. The summed E-state index contributed by atoms with van der Waals surface area (Å²) in [6, 6.07) is 8.90. The summed E-state index contributed by atoms with van der Waals surface area (Å²) in [6.07, 6.45) is 2.03. The maximum absolute atomic E-state index is 12.5. The highest BCUT2D eigenvalue weighted by atomic mass is 16.3. The standard InChI is InChI=1S/C18H25N3O3/c22-15-9-16(19-11-15)18(24)21-8-4-5-13(12-21)10-20-17(23)14-6-2-1-3-7-14/h1-3,6-7,13,15-16,19,22H,4-5,8-12H2,(H,20,23). The number of hydrogen-bond donors (Lipinski definition) is 3. The van der Waals surface area contributed by atoms with Gasteiger partial charge in [-0.25, -0.2) is 0 Å². The van der Waals surface area contributed by atoms with Crippen molar-refractivity contribution >= 4 is 11.8 Å². The largest absolute Gasteiger partial charge is 0.392 e. The molecule has 3 atom stereocenters. The monoisotopic (exact) mass is 331 g/mol. The van der Waals surface area contributed by atoms with Crippen molar-refractivity contribution in [3.8, 4) is 0 Å². The lowest BCUT2D eigenvalue weighted by atomic mass is 9.97. The van der Waals surface area contributed by atoms with Gasteiger partial charge in [-0.1, -0.05) is 18.2 Å². The van der Waals surface area contributed by atoms with Gasteiger partial charge in [-0.2, -0.15) is 0 Å². The smallest absolute Gasteiger partial charge is 0.251 e. The van der Waals surface area contributed by atoms with Gasteiger partial charge < -0.3 is 20.6 Å². The maximum atomic E-state index is 12.5. The molecule has 0 spiro atoms. The zero-order valence-corrected chi connectivity index (χ0v) is 13.8. The molecule has 0 aromatic heterocycles. The van der Waals surface area contributed by atoms with E-state index < -0.39 is 6.10 Å². The molecule has 2 aliphatic heterocycles. The zero-order chi connectivity index (χ0) is 16.9. The van der Waals surface area contributed by atoms with Crippen LogP contribution in [0.4, 0.5) is 0 Å². The Morgan fingerprint density at radius 1 is 1.29 bits per heavy atom. The molecule has 3 rings (SSSR count). The first-order valence-electron chi connectivity index (χ1n) is 8.67. The average Bonchev–Trinajstić information content (AvgIpc) is 3.06. The van der Waals surface area contributed by atoms with E-state index in [0.717, 1.165) is 19.4 Å². The summed E-state index contributed by atoms with van der Waals surface area (Å²) in [5, 5.41) is 15.6. The van der Waals surface area contributed by atoms with Crippen molar-refractivity contribution in [3.63, 3.8) is 0 Å². The Hall–Kier alpha value is -1.92. The summed E-state index contributed by atoms with van der Waals surface area (Å²) in [6.45, 7) is 2.50. The second-order valence-electron chi connectivity index (χ2n) is 6.72. The third kappa shape index (κ3) is 4.13. The van der Waals surface area contributed by atoms with E-state index in [1.54, 1.807) is 12.1 Å². The second kappa shape index (κ2) is 7.77. The highest BCUT2D eigenvalue weighted by molar-refractivity contribution is 5.94. The Bertz CT molecular complexity index is 578. The van der Waals surface area contributed by atoms with E-state index in [-0.39, 0.29) is 23.8 Å². The van der Waals surface area contributed by atoms with Crippen LogP contribution in [0.25, 0.3) is 0 Å². The molecular weight excluding hydrogens is 306 g/mol. The highest BCUT2D eigenvalue weighted by Gasteiger charge is 2.33. The van der Waals surface area contributed by atoms with E-state index in [4.69, 9.17) is 0 Å². The van der Waals surface area contributed by atoms with Crippen LogP contribution in [-0.4, -0.2) is 60.1 Å². The van der Waals surface area contributed by atoms with Gasteiger partial charge in [0.05, 0.1) is 12.1 Å². The number of carbonyl (C=O) groups is 2. The number of piperidine rings is 1. The molecule has 3 unspecified atom stereocenters. The molecule has 2 heterocycles. The lowest BCUT2D eigenvalue weighted by Gasteiger charge is -2.34. The summed E-state index contributed by atoms with van der Waals surface area (Å²) in [5.74, 6) is 0.284. The molecular formula is C18H25N3O3. The number of benzene rings is 1. The Morgan fingerprint density at radius 2 is 2.08 bits per heavy atom. The third-order valence-corrected chi connectivity index (χ3v) is 4.82. The van der Waals surface area contributed by atoms with Crippen LogP contribution in [0.1, 0.15) is 29.6 Å². The predicted octanol–water partition coefficient (Wildman–Crippen LogP) is 0.378. The fourth-order valence-corrected chi connectivity index (χ4v) is 3.49. The molecule has 130 valence electrons. The van der Waals surface area contributed by atoms with Crippen LogP contribution in [0.3, 0.4) is 0 Å². The normalized spacial score (nSPS) is 27.0. The molecule has 24 heavy (non-hydrogen) atoms. The van der Waals surface area contributed by atoms with Crippen molar-refractivity contribution in [2.24, 2.45) is 5.92 Å². The summed E-state index contributed by atoms with van der Waals surface area (Å²) >= 11 is 0. The van der Waals surface area contributed by atoms with Crippen molar-refractivity contribution in [3.05, 3.63) is 35.9 Å². The number of carbonyl (C=O) groups excluding carboxylic acids is 2. The minimum atomic E-state index is -0.426. The zero-order valence-electron chi connectivity index (χ0n) is 13.8. The highest BCUT2D eigenvalue weighted by Crippen LogP contribution is 2.19. The minimum absolute atomic E-state index is 0.0698. The molecule has 0 aliphatic carbocycles. The van der Waals surface area contributed by atoms with Crippen LogP contribution < -0.4 is 10.6 Å². The van der Waals surface area contributed by atoms with E-state index >= 15 is 0 Å². The predicted molar refractivity (Wildman–Crippen MR) is 90.5 cm³/mol. The molecule has 6 nitrogen and oxygen atoms in total. The summed E-state index contributed by atoms with van der Waals surface area (Å²) in [5.41, 5.74) is 0.658. The van der Waals surface area contributed by atoms with E-state index in [1.165, 1.54) is 0 Å². The Kier molecular flexibility index (Phi) is 5.48. The van der Waals surface area contributed by atoms with Crippen molar-refractivity contribution in [2.75, 3.05) is 26.2 Å². The van der Waals surface area contributed by atoms with Crippen LogP contribution in [-0.2, 0) is 4.79 Å². The Balaban J connectivity index is 1.49. The maximum Gasteiger partial charge on any atom is 0.251 e. The summed E-state index contributed by atoms with van der Waals surface area (Å²) in [7, 11) is 0. The fraction of sp³-hybridized carbons (Fsp3) is 0.556. The van der Waals surface area contributed by atoms with Crippen LogP contribution in [0.15, 0.2) is 30.3 Å². The number of β-amino-alcohol motifs (C(OH)–C–C–N with tert-alkyl or cyclic N) is 1.